The topological polar surface area (TPSA) is 32.9 Å². The third-order valence-electron chi connectivity index (χ3n) is 4.07. The lowest BCUT2D eigenvalue weighted by Crippen LogP contribution is -2.01. The Balaban J connectivity index is 1.57. The first-order valence-electron chi connectivity index (χ1n) is 7.39. The van der Waals surface area contributed by atoms with Gasteiger partial charge in [0.05, 0.1) is 0 Å². The van der Waals surface area contributed by atoms with Crippen LogP contribution in [0.4, 0.5) is 0 Å². The van der Waals surface area contributed by atoms with E-state index in [1.807, 2.05) is 54.6 Å². The van der Waals surface area contributed by atoms with Gasteiger partial charge in [-0.05, 0) is 23.1 Å². The van der Waals surface area contributed by atoms with Crippen molar-refractivity contribution in [2.45, 2.75) is 6.42 Å². The number of Topliss-reactive ketones (excluding diaryl/α,β-unsaturated/α-hetero) is 1. The molecule has 0 aliphatic heterocycles. The van der Waals surface area contributed by atoms with Crippen molar-refractivity contribution in [1.29, 1.82) is 0 Å². The summed E-state index contributed by atoms with van der Waals surface area (Å²) in [5, 5.41) is 1.20. The summed E-state index contributed by atoms with van der Waals surface area (Å²) < 4.78 is 0. The van der Waals surface area contributed by atoms with Gasteiger partial charge in [0, 0.05) is 28.8 Å². The predicted molar refractivity (Wildman–Crippen MR) is 89.7 cm³/mol. The van der Waals surface area contributed by atoms with E-state index in [4.69, 9.17) is 0 Å². The van der Waals surface area contributed by atoms with Gasteiger partial charge in [-0.1, -0.05) is 60.7 Å². The Morgan fingerprint density at radius 2 is 1.68 bits per heavy atom. The number of ketones is 1. The Bertz CT molecular complexity index is 880. The Labute approximate surface area is 128 Å². The number of carbonyl (C=O) groups excluding carboxylic acids is 1. The Morgan fingerprint density at radius 1 is 0.909 bits per heavy atom. The molecular formula is C20H15NO. The molecule has 0 unspecified atom stereocenters. The molecule has 106 valence electrons. The Morgan fingerprint density at radius 3 is 2.50 bits per heavy atom. The van der Waals surface area contributed by atoms with Crippen LogP contribution in [-0.2, 0) is 0 Å². The number of carbonyl (C=O) groups is 1. The van der Waals surface area contributed by atoms with Crippen molar-refractivity contribution in [2.24, 2.45) is 0 Å². The molecule has 1 N–H and O–H groups in total. The maximum absolute atomic E-state index is 12.5. The first-order chi connectivity index (χ1) is 10.8. The van der Waals surface area contributed by atoms with E-state index in [9.17, 15) is 4.79 Å². The van der Waals surface area contributed by atoms with Crippen LogP contribution in [0.5, 0.6) is 0 Å². The fourth-order valence-electron chi connectivity index (χ4n) is 2.89. The average Bonchev–Trinajstić information content (AvgIpc) is 3.21. The van der Waals surface area contributed by atoms with Gasteiger partial charge in [0.1, 0.15) is 0 Å². The van der Waals surface area contributed by atoms with Crippen LogP contribution in [0.3, 0.4) is 0 Å². The molecule has 2 aromatic carbocycles. The second-order valence-corrected chi connectivity index (χ2v) is 5.53. The van der Waals surface area contributed by atoms with Crippen molar-refractivity contribution in [3.63, 3.8) is 0 Å². The molecule has 4 rings (SSSR count). The fourth-order valence-corrected chi connectivity index (χ4v) is 2.89. The van der Waals surface area contributed by atoms with E-state index >= 15 is 0 Å². The summed E-state index contributed by atoms with van der Waals surface area (Å²) in [5.41, 5.74) is 4.98. The number of nitrogens with one attached hydrogen (secondary N) is 1. The summed E-state index contributed by atoms with van der Waals surface area (Å²) in [5.74, 6) is 0.114. The van der Waals surface area contributed by atoms with Gasteiger partial charge in [-0.15, -0.1) is 0 Å². The van der Waals surface area contributed by atoms with Crippen LogP contribution in [0.25, 0.3) is 16.5 Å². The highest BCUT2D eigenvalue weighted by Gasteiger charge is 2.18. The maximum atomic E-state index is 12.5. The van der Waals surface area contributed by atoms with E-state index < -0.39 is 0 Å². The van der Waals surface area contributed by atoms with Gasteiger partial charge in [0.15, 0.2) is 5.78 Å². The largest absolute Gasteiger partial charge is 0.355 e. The van der Waals surface area contributed by atoms with Crippen LogP contribution in [0.1, 0.15) is 22.5 Å². The maximum Gasteiger partial charge on any atom is 0.189 e. The summed E-state index contributed by atoms with van der Waals surface area (Å²) in [7, 11) is 0. The van der Waals surface area contributed by atoms with E-state index in [1.165, 1.54) is 5.39 Å². The second kappa shape index (κ2) is 5.15. The molecule has 0 amide bonds. The molecule has 22 heavy (non-hydrogen) atoms. The number of hydrogen-bond acceptors (Lipinski definition) is 1. The van der Waals surface area contributed by atoms with E-state index in [0.29, 0.717) is 6.42 Å². The van der Waals surface area contributed by atoms with E-state index in [1.54, 1.807) is 0 Å². The molecule has 1 heterocycles. The van der Waals surface area contributed by atoms with Gasteiger partial charge in [0.2, 0.25) is 0 Å². The summed E-state index contributed by atoms with van der Waals surface area (Å²) in [4.78, 5) is 15.9. The number of para-hydroxylation sites is 1. The van der Waals surface area contributed by atoms with Crippen LogP contribution < -0.4 is 0 Å². The number of allylic oxidation sites excluding steroid dienone is 4. The van der Waals surface area contributed by atoms with Gasteiger partial charge in [-0.2, -0.15) is 0 Å². The van der Waals surface area contributed by atoms with Crippen molar-refractivity contribution >= 4 is 22.3 Å². The van der Waals surface area contributed by atoms with Crippen molar-refractivity contribution in [1.82, 2.24) is 4.98 Å². The first kappa shape index (κ1) is 12.8. The molecule has 0 atom stereocenters. The molecule has 0 radical (unpaired) electrons. The third-order valence-corrected chi connectivity index (χ3v) is 4.07. The predicted octanol–water partition coefficient (Wildman–Crippen LogP) is 4.76. The minimum Gasteiger partial charge on any atom is -0.355 e. The summed E-state index contributed by atoms with van der Waals surface area (Å²) in [6.45, 7) is 0. The Kier molecular flexibility index (Phi) is 3.01. The number of hydrogen-bond donors (Lipinski definition) is 1. The molecule has 3 aromatic rings. The minimum absolute atomic E-state index is 0.114. The SMILES string of the molecule is O=C(C1=CC=C(c2cc3ccccc3[nH]2)C1)c1ccccc1. The lowest BCUT2D eigenvalue weighted by molar-refractivity contribution is 0.103. The van der Waals surface area contributed by atoms with Crippen LogP contribution in [0.15, 0.2) is 78.4 Å². The molecule has 1 aromatic heterocycles. The number of aromatic amines is 1. The monoisotopic (exact) mass is 285 g/mol. The standard InChI is InChI=1S/C20H15NO/c22-20(14-6-2-1-3-7-14)17-11-10-16(12-17)19-13-15-8-4-5-9-18(15)21-19/h1-11,13,21H,12H2. The van der Waals surface area contributed by atoms with Gasteiger partial charge in [-0.25, -0.2) is 0 Å². The van der Waals surface area contributed by atoms with Crippen LogP contribution >= 0.6 is 0 Å². The molecule has 1 aliphatic carbocycles. The van der Waals surface area contributed by atoms with Crippen LogP contribution in [0.2, 0.25) is 0 Å². The smallest absolute Gasteiger partial charge is 0.189 e. The van der Waals surface area contributed by atoms with Gasteiger partial charge >= 0.3 is 0 Å². The Hall–Kier alpha value is -2.87. The highest BCUT2D eigenvalue weighted by atomic mass is 16.1. The zero-order valence-electron chi connectivity index (χ0n) is 12.0. The number of aromatic nitrogens is 1. The number of benzene rings is 2. The number of rotatable bonds is 3. The molecule has 0 saturated carbocycles. The molecular weight excluding hydrogens is 270 g/mol. The summed E-state index contributed by atoms with van der Waals surface area (Å²) >= 11 is 0. The zero-order valence-corrected chi connectivity index (χ0v) is 12.0. The molecule has 1 aliphatic rings. The normalized spacial score (nSPS) is 14.0. The molecule has 0 fully saturated rings. The summed E-state index contributed by atoms with van der Waals surface area (Å²) in [6, 6.07) is 19.8. The lowest BCUT2D eigenvalue weighted by Gasteiger charge is -2.03. The van der Waals surface area contributed by atoms with Crippen molar-refractivity contribution in [2.75, 3.05) is 0 Å². The lowest BCUT2D eigenvalue weighted by atomic mass is 10.0. The van der Waals surface area contributed by atoms with Gasteiger partial charge in [-0.3, -0.25) is 4.79 Å². The highest BCUT2D eigenvalue weighted by molar-refractivity contribution is 6.11. The zero-order chi connectivity index (χ0) is 14.9. The highest BCUT2D eigenvalue weighted by Crippen LogP contribution is 2.31. The quantitative estimate of drug-likeness (QED) is 0.691. The van der Waals surface area contributed by atoms with E-state index in [-0.39, 0.29) is 5.78 Å². The molecule has 0 bridgehead atoms. The van der Waals surface area contributed by atoms with Crippen molar-refractivity contribution in [3.8, 4) is 0 Å². The number of fused-ring (bicyclic) bond motifs is 1. The van der Waals surface area contributed by atoms with Crippen LogP contribution in [0, 0.1) is 0 Å². The van der Waals surface area contributed by atoms with E-state index in [2.05, 4.69) is 23.2 Å². The van der Waals surface area contributed by atoms with Crippen molar-refractivity contribution < 1.29 is 4.79 Å². The minimum atomic E-state index is 0.114. The van der Waals surface area contributed by atoms with Crippen molar-refractivity contribution in [3.05, 3.63) is 89.6 Å². The first-order valence-corrected chi connectivity index (χ1v) is 7.39. The molecule has 0 spiro atoms. The number of H-pyrrole nitrogens is 1. The molecule has 0 saturated heterocycles. The fraction of sp³-hybridized carbons (Fsp3) is 0.0500. The van der Waals surface area contributed by atoms with Gasteiger partial charge < -0.3 is 4.98 Å². The summed E-state index contributed by atoms with van der Waals surface area (Å²) in [6.07, 6.45) is 4.66. The van der Waals surface area contributed by atoms with Crippen LogP contribution in [-0.4, -0.2) is 10.8 Å². The van der Waals surface area contributed by atoms with Gasteiger partial charge in [0.25, 0.3) is 0 Å². The van der Waals surface area contributed by atoms with E-state index in [0.717, 1.165) is 27.9 Å². The molecule has 2 nitrogen and oxygen atoms in total. The third kappa shape index (κ3) is 2.19. The second-order valence-electron chi connectivity index (χ2n) is 5.53. The average molecular weight is 285 g/mol. The molecule has 2 heteroatoms.